The third kappa shape index (κ3) is 3.07. The largest absolute Gasteiger partial charge is 0.469 e. The fraction of sp³-hybridized carbons (Fsp3) is 0.375. The maximum Gasteiger partial charge on any atom is 0.131 e. The van der Waals surface area contributed by atoms with Crippen LogP contribution in [0.15, 0.2) is 28.9 Å². The minimum Gasteiger partial charge on any atom is -0.469 e. The van der Waals surface area contributed by atoms with Gasteiger partial charge in [0.1, 0.15) is 17.4 Å². The third-order valence-electron chi connectivity index (χ3n) is 3.27. The monoisotopic (exact) mass is 279 g/mol. The molecule has 1 atom stereocenters. The lowest BCUT2D eigenvalue weighted by atomic mass is 9.98. The number of hydrogen-bond donors (Lipinski definition) is 1. The van der Waals surface area contributed by atoms with E-state index in [1.807, 2.05) is 19.9 Å². The Balaban J connectivity index is 2.43. The highest BCUT2D eigenvalue weighted by atomic mass is 19.1. The van der Waals surface area contributed by atoms with Crippen LogP contribution in [0.5, 0.6) is 0 Å². The van der Waals surface area contributed by atoms with Crippen molar-refractivity contribution >= 4 is 0 Å². The Bertz CT molecular complexity index is 592. The van der Waals surface area contributed by atoms with Crippen molar-refractivity contribution in [3.63, 3.8) is 0 Å². The molecule has 0 aliphatic carbocycles. The Morgan fingerprint density at radius 3 is 2.50 bits per heavy atom. The van der Waals surface area contributed by atoms with E-state index >= 15 is 0 Å². The SMILES string of the molecule is CCCNC(c1coc(C)c1)c1cc(C)c(F)cc1F. The van der Waals surface area contributed by atoms with Crippen molar-refractivity contribution in [2.75, 3.05) is 6.54 Å². The Labute approximate surface area is 117 Å². The van der Waals surface area contributed by atoms with E-state index in [-0.39, 0.29) is 6.04 Å². The van der Waals surface area contributed by atoms with Gasteiger partial charge in [0.25, 0.3) is 0 Å². The summed E-state index contributed by atoms with van der Waals surface area (Å²) in [5.41, 5.74) is 1.73. The average Bonchev–Trinajstić information content (AvgIpc) is 2.82. The van der Waals surface area contributed by atoms with Gasteiger partial charge >= 0.3 is 0 Å². The molecular formula is C16H19F2NO. The number of furan rings is 1. The van der Waals surface area contributed by atoms with E-state index in [0.29, 0.717) is 11.1 Å². The molecule has 1 aromatic heterocycles. The van der Waals surface area contributed by atoms with Crippen LogP contribution in [0.3, 0.4) is 0 Å². The van der Waals surface area contributed by atoms with Crippen molar-refractivity contribution in [3.8, 4) is 0 Å². The maximum absolute atomic E-state index is 14.1. The molecule has 20 heavy (non-hydrogen) atoms. The summed E-state index contributed by atoms with van der Waals surface area (Å²) in [6.45, 7) is 6.25. The van der Waals surface area contributed by atoms with Crippen LogP contribution in [-0.2, 0) is 0 Å². The molecule has 2 aromatic rings. The predicted molar refractivity (Wildman–Crippen MR) is 74.7 cm³/mol. The van der Waals surface area contributed by atoms with Gasteiger partial charge in [-0.1, -0.05) is 6.92 Å². The molecule has 1 N–H and O–H groups in total. The average molecular weight is 279 g/mol. The second-order valence-corrected chi connectivity index (χ2v) is 5.00. The van der Waals surface area contributed by atoms with Gasteiger partial charge in [0.15, 0.2) is 0 Å². The minimum absolute atomic E-state index is 0.327. The van der Waals surface area contributed by atoms with Crippen LogP contribution in [0.2, 0.25) is 0 Å². The van der Waals surface area contributed by atoms with E-state index < -0.39 is 11.6 Å². The lowest BCUT2D eigenvalue weighted by Gasteiger charge is -2.19. The van der Waals surface area contributed by atoms with Crippen LogP contribution in [0, 0.1) is 25.5 Å². The highest BCUT2D eigenvalue weighted by Gasteiger charge is 2.20. The standard InChI is InChI=1S/C16H19F2NO/c1-4-5-19-16(12-7-11(3)20-9-12)13-6-10(2)14(17)8-15(13)18/h6-9,16,19H,4-5H2,1-3H3. The lowest BCUT2D eigenvalue weighted by molar-refractivity contribution is 0.512. The summed E-state index contributed by atoms with van der Waals surface area (Å²) in [5.74, 6) is -0.299. The van der Waals surface area contributed by atoms with E-state index in [9.17, 15) is 8.78 Å². The Hall–Kier alpha value is -1.68. The Kier molecular flexibility index (Phi) is 4.55. The van der Waals surface area contributed by atoms with Crippen LogP contribution < -0.4 is 5.32 Å². The second-order valence-electron chi connectivity index (χ2n) is 5.00. The zero-order valence-corrected chi connectivity index (χ0v) is 12.0. The molecule has 0 aliphatic rings. The van der Waals surface area contributed by atoms with Crippen LogP contribution in [0.4, 0.5) is 8.78 Å². The van der Waals surface area contributed by atoms with Crippen molar-refractivity contribution in [2.45, 2.75) is 33.2 Å². The fourth-order valence-corrected chi connectivity index (χ4v) is 2.21. The summed E-state index contributed by atoms with van der Waals surface area (Å²) in [5, 5.41) is 3.28. The topological polar surface area (TPSA) is 25.2 Å². The van der Waals surface area contributed by atoms with E-state index in [1.54, 1.807) is 19.3 Å². The van der Waals surface area contributed by atoms with Crippen LogP contribution in [0.1, 0.15) is 41.8 Å². The molecule has 2 rings (SSSR count). The molecule has 0 fully saturated rings. The lowest BCUT2D eigenvalue weighted by Crippen LogP contribution is -2.24. The second kappa shape index (κ2) is 6.18. The number of nitrogens with one attached hydrogen (secondary N) is 1. The number of aryl methyl sites for hydroxylation is 2. The Morgan fingerprint density at radius 2 is 1.90 bits per heavy atom. The van der Waals surface area contributed by atoms with Gasteiger partial charge in [-0.15, -0.1) is 0 Å². The summed E-state index contributed by atoms with van der Waals surface area (Å²) < 4.78 is 32.8. The molecular weight excluding hydrogens is 260 g/mol. The first-order chi connectivity index (χ1) is 9.52. The summed E-state index contributed by atoms with van der Waals surface area (Å²) in [6, 6.07) is 4.04. The minimum atomic E-state index is -0.541. The smallest absolute Gasteiger partial charge is 0.131 e. The first kappa shape index (κ1) is 14.7. The molecule has 0 aliphatic heterocycles. The van der Waals surface area contributed by atoms with Crippen molar-refractivity contribution in [2.24, 2.45) is 0 Å². The first-order valence-corrected chi connectivity index (χ1v) is 6.77. The van der Waals surface area contributed by atoms with Gasteiger partial charge in [0.05, 0.1) is 12.3 Å². The zero-order valence-electron chi connectivity index (χ0n) is 12.0. The summed E-state index contributed by atoms with van der Waals surface area (Å²) in [7, 11) is 0. The summed E-state index contributed by atoms with van der Waals surface area (Å²) in [6.07, 6.45) is 2.54. The number of benzene rings is 1. The first-order valence-electron chi connectivity index (χ1n) is 6.77. The van der Waals surface area contributed by atoms with Crippen LogP contribution in [-0.4, -0.2) is 6.54 Å². The molecule has 108 valence electrons. The number of rotatable bonds is 5. The van der Waals surface area contributed by atoms with Crippen LogP contribution >= 0.6 is 0 Å². The summed E-state index contributed by atoms with van der Waals surface area (Å²) in [4.78, 5) is 0. The molecule has 0 spiro atoms. The van der Waals surface area contributed by atoms with E-state index in [1.165, 1.54) is 0 Å². The molecule has 1 aromatic carbocycles. The summed E-state index contributed by atoms with van der Waals surface area (Å²) >= 11 is 0. The normalized spacial score (nSPS) is 12.7. The van der Waals surface area contributed by atoms with Crippen molar-refractivity contribution in [1.82, 2.24) is 5.32 Å². The van der Waals surface area contributed by atoms with E-state index in [2.05, 4.69) is 5.32 Å². The van der Waals surface area contributed by atoms with Gasteiger partial charge in [-0.2, -0.15) is 0 Å². The molecule has 0 saturated heterocycles. The van der Waals surface area contributed by atoms with Gasteiger partial charge in [-0.25, -0.2) is 8.78 Å². The van der Waals surface area contributed by atoms with Crippen molar-refractivity contribution in [3.05, 3.63) is 58.5 Å². The fourth-order valence-electron chi connectivity index (χ4n) is 2.21. The number of hydrogen-bond acceptors (Lipinski definition) is 2. The highest BCUT2D eigenvalue weighted by molar-refractivity contribution is 5.35. The molecule has 0 saturated carbocycles. The molecule has 0 amide bonds. The molecule has 1 unspecified atom stereocenters. The molecule has 0 radical (unpaired) electrons. The zero-order chi connectivity index (χ0) is 14.7. The van der Waals surface area contributed by atoms with E-state index in [0.717, 1.165) is 30.4 Å². The molecule has 0 bridgehead atoms. The van der Waals surface area contributed by atoms with Gasteiger partial charge < -0.3 is 9.73 Å². The van der Waals surface area contributed by atoms with Crippen molar-refractivity contribution in [1.29, 1.82) is 0 Å². The highest BCUT2D eigenvalue weighted by Crippen LogP contribution is 2.28. The van der Waals surface area contributed by atoms with Crippen molar-refractivity contribution < 1.29 is 13.2 Å². The molecule has 2 nitrogen and oxygen atoms in total. The maximum atomic E-state index is 14.1. The molecule has 4 heteroatoms. The predicted octanol–water partition coefficient (Wildman–Crippen LogP) is 4.26. The van der Waals surface area contributed by atoms with Gasteiger partial charge in [-0.05, 0) is 44.5 Å². The van der Waals surface area contributed by atoms with Crippen LogP contribution in [0.25, 0.3) is 0 Å². The van der Waals surface area contributed by atoms with Gasteiger partial charge in [-0.3, -0.25) is 0 Å². The van der Waals surface area contributed by atoms with Gasteiger partial charge in [0, 0.05) is 17.2 Å². The quantitative estimate of drug-likeness (QED) is 0.884. The van der Waals surface area contributed by atoms with Gasteiger partial charge in [0.2, 0.25) is 0 Å². The van der Waals surface area contributed by atoms with E-state index in [4.69, 9.17) is 4.42 Å². The third-order valence-corrected chi connectivity index (χ3v) is 3.27. The molecule has 1 heterocycles. The number of halogens is 2. The Morgan fingerprint density at radius 1 is 1.15 bits per heavy atom.